The number of hydrogen-bond acceptors (Lipinski definition) is 2. The molecule has 0 aromatic rings. The third-order valence-electron chi connectivity index (χ3n) is 4.25. The van der Waals surface area contributed by atoms with E-state index in [4.69, 9.17) is 4.74 Å². The summed E-state index contributed by atoms with van der Waals surface area (Å²) in [7, 11) is 0. The van der Waals surface area contributed by atoms with E-state index in [2.05, 4.69) is 13.8 Å². The van der Waals surface area contributed by atoms with E-state index >= 15 is 0 Å². The summed E-state index contributed by atoms with van der Waals surface area (Å²) in [5.74, 6) is 0.0107. The Labute approximate surface area is 167 Å². The van der Waals surface area contributed by atoms with Gasteiger partial charge in [0.05, 0.1) is 6.61 Å². The molecule has 0 unspecified atom stereocenters. The molecule has 0 aromatic carbocycles. The van der Waals surface area contributed by atoms with Gasteiger partial charge in [-0.1, -0.05) is 97.3 Å². The molecule has 0 atom stereocenters. The zero-order valence-electron chi connectivity index (χ0n) is 15.3. The third-order valence-corrected chi connectivity index (χ3v) is 4.25. The van der Waals surface area contributed by atoms with Gasteiger partial charge in [-0.15, -0.1) is 0 Å². The number of carbonyl (C=O) groups excluding carboxylic acids is 1. The molecule has 23 heavy (non-hydrogen) atoms. The van der Waals surface area contributed by atoms with Gasteiger partial charge in [0, 0.05) is 6.42 Å². The number of rotatable bonds is 17. The predicted octanol–water partition coefficient (Wildman–Crippen LogP) is 6.16. The van der Waals surface area contributed by atoms with Crippen LogP contribution in [0.2, 0.25) is 0 Å². The van der Waals surface area contributed by atoms with E-state index in [9.17, 15) is 4.79 Å². The van der Waals surface area contributed by atoms with Crippen molar-refractivity contribution in [3.05, 3.63) is 0 Å². The minimum atomic E-state index is 0. The predicted molar refractivity (Wildman–Crippen MR) is 103 cm³/mol. The van der Waals surface area contributed by atoms with Crippen LogP contribution in [0.3, 0.4) is 0 Å². The molecule has 0 aromatic heterocycles. The van der Waals surface area contributed by atoms with E-state index in [1.54, 1.807) is 0 Å². The number of unbranched alkanes of at least 4 members (excludes halogenated alkanes) is 13. The summed E-state index contributed by atoms with van der Waals surface area (Å²) in [5, 5.41) is 0. The standard InChI is InChI=1S/C20H40O2.Na.H/c1-3-5-7-9-11-12-13-14-16-18-20(21)22-19-17-15-10-8-6-4-2;;/h3-19H2,1-2H3;;. The Hall–Kier alpha value is 0.470. The van der Waals surface area contributed by atoms with Gasteiger partial charge in [-0.05, 0) is 12.8 Å². The summed E-state index contributed by atoms with van der Waals surface area (Å²) < 4.78 is 5.28. The molecule has 0 amide bonds. The molecule has 0 fully saturated rings. The Morgan fingerprint density at radius 3 is 1.48 bits per heavy atom. The molecule has 2 nitrogen and oxygen atoms in total. The van der Waals surface area contributed by atoms with Crippen molar-refractivity contribution in [2.45, 2.75) is 117 Å². The van der Waals surface area contributed by atoms with Gasteiger partial charge in [-0.2, -0.15) is 0 Å². The Morgan fingerprint density at radius 1 is 0.609 bits per heavy atom. The fourth-order valence-corrected chi connectivity index (χ4v) is 2.72. The van der Waals surface area contributed by atoms with Crippen LogP contribution in [0.15, 0.2) is 0 Å². The molecule has 0 heterocycles. The number of carbonyl (C=O) groups is 1. The molecule has 0 spiro atoms. The molecule has 0 N–H and O–H groups in total. The van der Waals surface area contributed by atoms with Gasteiger partial charge in [-0.25, -0.2) is 0 Å². The first-order valence-corrected chi connectivity index (χ1v) is 9.96. The fraction of sp³-hybridized carbons (Fsp3) is 0.950. The summed E-state index contributed by atoms with van der Waals surface area (Å²) in [5.41, 5.74) is 0. The Balaban J connectivity index is 0. The van der Waals surface area contributed by atoms with Gasteiger partial charge < -0.3 is 4.74 Å². The second kappa shape index (κ2) is 22.5. The quantitative estimate of drug-likeness (QED) is 0.180. The Bertz CT molecular complexity index is 232. The van der Waals surface area contributed by atoms with Crippen LogP contribution in [-0.4, -0.2) is 42.1 Å². The summed E-state index contributed by atoms with van der Waals surface area (Å²) in [6.45, 7) is 5.11. The summed E-state index contributed by atoms with van der Waals surface area (Å²) >= 11 is 0. The molecule has 0 bridgehead atoms. The third kappa shape index (κ3) is 22.5. The monoisotopic (exact) mass is 336 g/mol. The van der Waals surface area contributed by atoms with Crippen LogP contribution in [0.4, 0.5) is 0 Å². The molecule has 134 valence electrons. The first-order chi connectivity index (χ1) is 10.8. The molecule has 3 heteroatoms. The van der Waals surface area contributed by atoms with Crippen molar-refractivity contribution in [1.29, 1.82) is 0 Å². The van der Waals surface area contributed by atoms with Crippen molar-refractivity contribution in [2.24, 2.45) is 0 Å². The van der Waals surface area contributed by atoms with E-state index in [1.165, 1.54) is 83.5 Å². The molecular weight excluding hydrogens is 295 g/mol. The van der Waals surface area contributed by atoms with Crippen LogP contribution in [0.25, 0.3) is 0 Å². The van der Waals surface area contributed by atoms with Crippen LogP contribution in [0.5, 0.6) is 0 Å². The van der Waals surface area contributed by atoms with E-state index in [0.717, 1.165) is 12.8 Å². The Kier molecular flexibility index (Phi) is 25.1. The fourth-order valence-electron chi connectivity index (χ4n) is 2.72. The molecule has 0 rings (SSSR count). The maximum absolute atomic E-state index is 11.6. The van der Waals surface area contributed by atoms with Gasteiger partial charge in [0.1, 0.15) is 0 Å². The summed E-state index contributed by atoms with van der Waals surface area (Å²) in [6, 6.07) is 0. The molecule has 0 aliphatic heterocycles. The van der Waals surface area contributed by atoms with Crippen molar-refractivity contribution in [2.75, 3.05) is 6.61 Å². The molecule has 0 aliphatic carbocycles. The summed E-state index contributed by atoms with van der Waals surface area (Å²) in [6.07, 6.45) is 19.7. The van der Waals surface area contributed by atoms with Crippen molar-refractivity contribution >= 4 is 35.5 Å². The molecule has 0 aliphatic rings. The number of ether oxygens (including phenoxy) is 1. The second-order valence-electron chi connectivity index (χ2n) is 6.57. The zero-order valence-corrected chi connectivity index (χ0v) is 15.3. The minimum absolute atomic E-state index is 0. The Morgan fingerprint density at radius 2 is 1.00 bits per heavy atom. The van der Waals surface area contributed by atoms with Gasteiger partial charge in [0.25, 0.3) is 0 Å². The number of hydrogen-bond donors (Lipinski definition) is 0. The molecule has 0 radical (unpaired) electrons. The van der Waals surface area contributed by atoms with Crippen molar-refractivity contribution < 1.29 is 9.53 Å². The SMILES string of the molecule is CCCCCCCCCCCC(=O)OCCCCCCCC.[NaH]. The van der Waals surface area contributed by atoms with Gasteiger partial charge in [0.2, 0.25) is 0 Å². The topological polar surface area (TPSA) is 26.3 Å². The first-order valence-electron chi connectivity index (χ1n) is 9.96. The van der Waals surface area contributed by atoms with Gasteiger partial charge in [0.15, 0.2) is 0 Å². The van der Waals surface area contributed by atoms with Crippen LogP contribution in [-0.2, 0) is 9.53 Å². The first kappa shape index (κ1) is 25.7. The average Bonchev–Trinajstić information content (AvgIpc) is 2.52. The van der Waals surface area contributed by atoms with E-state index < -0.39 is 0 Å². The average molecular weight is 337 g/mol. The second-order valence-corrected chi connectivity index (χ2v) is 6.57. The summed E-state index contributed by atoms with van der Waals surface area (Å²) in [4.78, 5) is 11.6. The van der Waals surface area contributed by atoms with Crippen LogP contribution in [0, 0.1) is 0 Å². The number of esters is 1. The van der Waals surface area contributed by atoms with Crippen LogP contribution in [0.1, 0.15) is 117 Å². The van der Waals surface area contributed by atoms with Crippen molar-refractivity contribution in [1.82, 2.24) is 0 Å². The van der Waals surface area contributed by atoms with Crippen molar-refractivity contribution in [3.8, 4) is 0 Å². The molecular formula is C20H41NaO2. The molecule has 0 saturated carbocycles. The van der Waals surface area contributed by atoms with Crippen molar-refractivity contribution in [3.63, 3.8) is 0 Å². The normalized spacial score (nSPS) is 10.3. The zero-order chi connectivity index (χ0) is 16.3. The van der Waals surface area contributed by atoms with E-state index in [-0.39, 0.29) is 35.5 Å². The van der Waals surface area contributed by atoms with Crippen LogP contribution >= 0.6 is 0 Å². The van der Waals surface area contributed by atoms with Gasteiger partial charge >= 0.3 is 35.5 Å². The van der Waals surface area contributed by atoms with Crippen LogP contribution < -0.4 is 0 Å². The van der Waals surface area contributed by atoms with E-state index in [1.807, 2.05) is 0 Å². The van der Waals surface area contributed by atoms with E-state index in [0.29, 0.717) is 13.0 Å². The van der Waals surface area contributed by atoms with Gasteiger partial charge in [-0.3, -0.25) is 4.79 Å². The molecule has 0 saturated heterocycles. The maximum atomic E-state index is 11.6.